The molecule has 25 heavy (non-hydrogen) atoms. The number of hydrogen-bond donors (Lipinski definition) is 2. The van der Waals surface area contributed by atoms with Crippen LogP contribution in [0.2, 0.25) is 0 Å². The minimum absolute atomic E-state index is 0.401. The number of anilines is 2. The van der Waals surface area contributed by atoms with Gasteiger partial charge in [0.25, 0.3) is 0 Å². The summed E-state index contributed by atoms with van der Waals surface area (Å²) in [7, 11) is 3.95. The van der Waals surface area contributed by atoms with E-state index in [9.17, 15) is 0 Å². The van der Waals surface area contributed by atoms with Gasteiger partial charge in [-0.15, -0.1) is 0 Å². The second kappa shape index (κ2) is 6.33. The van der Waals surface area contributed by atoms with Crippen molar-refractivity contribution in [1.82, 2.24) is 24.9 Å². The summed E-state index contributed by atoms with van der Waals surface area (Å²) in [5.74, 6) is 1.94. The Morgan fingerprint density at radius 3 is 2.84 bits per heavy atom. The summed E-state index contributed by atoms with van der Waals surface area (Å²) >= 11 is 0. The third kappa shape index (κ3) is 2.91. The van der Waals surface area contributed by atoms with Gasteiger partial charge in [-0.1, -0.05) is 0 Å². The van der Waals surface area contributed by atoms with Gasteiger partial charge in [0.05, 0.1) is 11.9 Å². The highest BCUT2D eigenvalue weighted by atomic mass is 15.3. The highest BCUT2D eigenvalue weighted by Gasteiger charge is 2.20. The number of nitrogen functional groups attached to an aromatic ring is 1. The Labute approximate surface area is 146 Å². The zero-order chi connectivity index (χ0) is 17.4. The van der Waals surface area contributed by atoms with E-state index in [0.717, 1.165) is 47.8 Å². The summed E-state index contributed by atoms with van der Waals surface area (Å²) < 4.78 is 1.70. The van der Waals surface area contributed by atoms with Gasteiger partial charge in [-0.3, -0.25) is 0 Å². The van der Waals surface area contributed by atoms with Crippen LogP contribution >= 0.6 is 0 Å². The van der Waals surface area contributed by atoms with Crippen molar-refractivity contribution >= 4 is 17.3 Å². The molecule has 1 saturated heterocycles. The Hall–Kier alpha value is -2.67. The van der Waals surface area contributed by atoms with Crippen LogP contribution in [0.3, 0.4) is 0 Å². The number of nitrogens with one attached hydrogen (secondary N) is 1. The molecule has 4 heterocycles. The quantitative estimate of drug-likeness (QED) is 0.759. The zero-order valence-corrected chi connectivity index (χ0v) is 14.6. The van der Waals surface area contributed by atoms with Crippen LogP contribution < -0.4 is 16.0 Å². The molecule has 130 valence electrons. The van der Waals surface area contributed by atoms with Gasteiger partial charge in [0.1, 0.15) is 11.6 Å². The molecule has 0 amide bonds. The van der Waals surface area contributed by atoms with Gasteiger partial charge in [0, 0.05) is 49.9 Å². The summed E-state index contributed by atoms with van der Waals surface area (Å²) in [6.07, 6.45) is 5.98. The maximum Gasteiger partial charge on any atom is 0.165 e. The van der Waals surface area contributed by atoms with E-state index < -0.39 is 0 Å². The molecule has 7 heteroatoms. The molecular weight excluding hydrogens is 314 g/mol. The van der Waals surface area contributed by atoms with E-state index in [1.807, 2.05) is 49.6 Å². The monoisotopic (exact) mass is 337 g/mol. The molecule has 0 bridgehead atoms. The van der Waals surface area contributed by atoms with E-state index >= 15 is 0 Å². The van der Waals surface area contributed by atoms with Gasteiger partial charge < -0.3 is 16.0 Å². The molecular formula is C18H23N7. The van der Waals surface area contributed by atoms with Crippen LogP contribution in [-0.4, -0.2) is 46.8 Å². The second-order valence-corrected chi connectivity index (χ2v) is 6.74. The lowest BCUT2D eigenvalue weighted by molar-refractivity contribution is 0.455. The van der Waals surface area contributed by atoms with Crippen molar-refractivity contribution in [3.8, 4) is 11.1 Å². The van der Waals surface area contributed by atoms with Gasteiger partial charge >= 0.3 is 0 Å². The number of aromatic nitrogens is 4. The third-order valence-corrected chi connectivity index (χ3v) is 4.75. The second-order valence-electron chi connectivity index (χ2n) is 6.74. The lowest BCUT2D eigenvalue weighted by Crippen LogP contribution is -2.29. The van der Waals surface area contributed by atoms with Crippen LogP contribution in [0.1, 0.15) is 24.5 Å². The normalized spacial score (nSPS) is 17.8. The minimum atomic E-state index is 0.401. The van der Waals surface area contributed by atoms with E-state index in [4.69, 9.17) is 10.7 Å². The van der Waals surface area contributed by atoms with E-state index in [0.29, 0.717) is 11.7 Å². The minimum Gasteiger partial charge on any atom is -0.384 e. The molecule has 4 rings (SSSR count). The van der Waals surface area contributed by atoms with Crippen molar-refractivity contribution in [3.63, 3.8) is 0 Å². The van der Waals surface area contributed by atoms with Gasteiger partial charge in [0.15, 0.2) is 5.65 Å². The summed E-state index contributed by atoms with van der Waals surface area (Å²) in [6.45, 7) is 2.03. The number of rotatable bonds is 3. The van der Waals surface area contributed by atoms with E-state index in [-0.39, 0.29) is 0 Å². The van der Waals surface area contributed by atoms with Gasteiger partial charge in [0.2, 0.25) is 0 Å². The van der Waals surface area contributed by atoms with Crippen molar-refractivity contribution in [3.05, 3.63) is 36.3 Å². The number of nitrogens with two attached hydrogens (primary N) is 1. The Morgan fingerprint density at radius 1 is 1.28 bits per heavy atom. The lowest BCUT2D eigenvalue weighted by Gasteiger charge is -2.22. The maximum atomic E-state index is 6.24. The average molecular weight is 337 g/mol. The number of piperidine rings is 1. The van der Waals surface area contributed by atoms with Crippen LogP contribution in [0, 0.1) is 0 Å². The van der Waals surface area contributed by atoms with E-state index in [1.54, 1.807) is 4.52 Å². The standard InChI is InChI=1S/C18H23N7/c1-24(2)17-6-5-12(10-21-17)14-11-22-25-16(19)8-15(23-18(14)25)13-4-3-7-20-9-13/h5-6,8,10-11,13,20H,3-4,7,9,19H2,1-2H3. The lowest BCUT2D eigenvalue weighted by atomic mass is 9.96. The molecule has 0 aromatic carbocycles. The fourth-order valence-corrected chi connectivity index (χ4v) is 3.33. The fraction of sp³-hybridized carbons (Fsp3) is 0.389. The molecule has 3 aromatic rings. The largest absolute Gasteiger partial charge is 0.384 e. The summed E-state index contributed by atoms with van der Waals surface area (Å²) in [5, 5.41) is 7.85. The molecule has 1 aliphatic rings. The molecule has 1 atom stereocenters. The molecule has 0 aliphatic carbocycles. The van der Waals surface area contributed by atoms with Gasteiger partial charge in [-0.05, 0) is 31.5 Å². The first kappa shape index (κ1) is 15.8. The average Bonchev–Trinajstić information content (AvgIpc) is 3.07. The topological polar surface area (TPSA) is 84.4 Å². The fourth-order valence-electron chi connectivity index (χ4n) is 3.33. The molecule has 3 N–H and O–H groups in total. The molecule has 0 radical (unpaired) electrons. The maximum absolute atomic E-state index is 6.24. The Bertz CT molecular complexity index is 876. The van der Waals surface area contributed by atoms with Crippen LogP contribution in [0.15, 0.2) is 30.6 Å². The predicted octanol–water partition coefficient (Wildman–Crippen LogP) is 1.91. The van der Waals surface area contributed by atoms with Crippen LogP contribution in [0.4, 0.5) is 11.6 Å². The van der Waals surface area contributed by atoms with Crippen molar-refractivity contribution in [2.75, 3.05) is 37.8 Å². The van der Waals surface area contributed by atoms with Gasteiger partial charge in [-0.25, -0.2) is 9.97 Å². The van der Waals surface area contributed by atoms with Crippen molar-refractivity contribution in [2.45, 2.75) is 18.8 Å². The van der Waals surface area contributed by atoms with Crippen molar-refractivity contribution in [1.29, 1.82) is 0 Å². The van der Waals surface area contributed by atoms with Crippen LogP contribution in [-0.2, 0) is 0 Å². The zero-order valence-electron chi connectivity index (χ0n) is 14.6. The summed E-state index contributed by atoms with van der Waals surface area (Å²) in [6, 6.07) is 6.00. The van der Waals surface area contributed by atoms with Crippen LogP contribution in [0.25, 0.3) is 16.8 Å². The third-order valence-electron chi connectivity index (χ3n) is 4.75. The Kier molecular flexibility index (Phi) is 4.01. The molecule has 1 fully saturated rings. The van der Waals surface area contributed by atoms with E-state index in [1.165, 1.54) is 6.42 Å². The first-order valence-electron chi connectivity index (χ1n) is 8.62. The van der Waals surface area contributed by atoms with Crippen LogP contribution in [0.5, 0.6) is 0 Å². The smallest absolute Gasteiger partial charge is 0.165 e. The van der Waals surface area contributed by atoms with Crippen molar-refractivity contribution in [2.24, 2.45) is 0 Å². The molecule has 1 unspecified atom stereocenters. The number of fused-ring (bicyclic) bond motifs is 1. The Balaban J connectivity index is 1.77. The predicted molar refractivity (Wildman–Crippen MR) is 99.8 cm³/mol. The SMILES string of the molecule is CN(C)c1ccc(-c2cnn3c(N)cc(C4CCCNC4)nc23)cn1. The summed E-state index contributed by atoms with van der Waals surface area (Å²) in [4.78, 5) is 11.4. The van der Waals surface area contributed by atoms with E-state index in [2.05, 4.69) is 15.4 Å². The molecule has 0 saturated carbocycles. The number of pyridine rings is 1. The number of hydrogen-bond acceptors (Lipinski definition) is 6. The first-order valence-corrected chi connectivity index (χ1v) is 8.62. The van der Waals surface area contributed by atoms with Crippen molar-refractivity contribution < 1.29 is 0 Å². The Morgan fingerprint density at radius 2 is 2.16 bits per heavy atom. The summed E-state index contributed by atoms with van der Waals surface area (Å²) in [5.41, 5.74) is 10.0. The molecule has 7 nitrogen and oxygen atoms in total. The highest BCUT2D eigenvalue weighted by Crippen LogP contribution is 2.29. The molecule has 1 aliphatic heterocycles. The highest BCUT2D eigenvalue weighted by molar-refractivity contribution is 5.78. The molecule has 3 aromatic heterocycles. The first-order chi connectivity index (χ1) is 12.1. The number of nitrogens with zero attached hydrogens (tertiary/aromatic N) is 5. The van der Waals surface area contributed by atoms with Gasteiger partial charge in [-0.2, -0.15) is 9.61 Å². The molecule has 0 spiro atoms.